The van der Waals surface area contributed by atoms with E-state index in [0.29, 0.717) is 12.5 Å². The molecule has 0 saturated heterocycles. The van der Waals surface area contributed by atoms with E-state index in [-0.39, 0.29) is 24.6 Å². The lowest BCUT2D eigenvalue weighted by atomic mass is 10.2. The molecule has 3 N–H and O–H groups in total. The first kappa shape index (κ1) is 12.0. The number of carbonyl (C=O) groups is 1. The van der Waals surface area contributed by atoms with Gasteiger partial charge in [-0.15, -0.1) is 6.42 Å². The van der Waals surface area contributed by atoms with Gasteiger partial charge in [0, 0.05) is 6.54 Å². The topological polar surface area (TPSA) is 61.4 Å². The number of terminal acetylenes is 1. The summed E-state index contributed by atoms with van der Waals surface area (Å²) in [6, 6.07) is -0.313. The lowest BCUT2D eigenvalue weighted by Gasteiger charge is -2.15. The van der Waals surface area contributed by atoms with Crippen LogP contribution >= 0.6 is 0 Å². The summed E-state index contributed by atoms with van der Waals surface area (Å²) in [5, 5.41) is 15.1. The van der Waals surface area contributed by atoms with E-state index in [1.54, 1.807) is 6.92 Å². The Morgan fingerprint density at radius 1 is 1.67 bits per heavy atom. The summed E-state index contributed by atoms with van der Waals surface area (Å²) in [6.45, 7) is 2.47. The minimum absolute atomic E-state index is 0.129. The fourth-order valence-corrected chi connectivity index (χ4v) is 1.33. The van der Waals surface area contributed by atoms with Crippen LogP contribution < -0.4 is 10.6 Å². The number of hydrogen-bond donors (Lipinski definition) is 3. The van der Waals surface area contributed by atoms with E-state index in [0.717, 1.165) is 12.8 Å². The van der Waals surface area contributed by atoms with Crippen LogP contribution in [-0.2, 0) is 4.79 Å². The van der Waals surface area contributed by atoms with Crippen LogP contribution in [-0.4, -0.2) is 36.2 Å². The Hall–Kier alpha value is -1.05. The van der Waals surface area contributed by atoms with Crippen molar-refractivity contribution in [3.63, 3.8) is 0 Å². The largest absolute Gasteiger partial charge is 0.392 e. The predicted molar refractivity (Wildman–Crippen MR) is 58.0 cm³/mol. The van der Waals surface area contributed by atoms with Gasteiger partial charge in [0.05, 0.1) is 18.7 Å². The molecule has 0 heterocycles. The van der Waals surface area contributed by atoms with Crippen molar-refractivity contribution >= 4 is 5.91 Å². The zero-order valence-corrected chi connectivity index (χ0v) is 8.99. The van der Waals surface area contributed by atoms with E-state index in [4.69, 9.17) is 6.42 Å². The molecule has 0 bridgehead atoms. The van der Waals surface area contributed by atoms with E-state index in [1.807, 2.05) is 0 Å². The fraction of sp³-hybridized carbons (Fsp3) is 0.727. The summed E-state index contributed by atoms with van der Waals surface area (Å²) < 4.78 is 0. The SMILES string of the molecule is C#CCNC(=O)C(C)NCC(O)C1CC1. The standard InChI is InChI=1S/C11H18N2O2/c1-3-6-12-11(15)8(2)13-7-10(14)9-4-5-9/h1,8-10,13-14H,4-7H2,2H3,(H,12,15). The predicted octanol–water partition coefficient (Wildman–Crippen LogP) is -0.515. The van der Waals surface area contributed by atoms with E-state index < -0.39 is 0 Å². The maximum atomic E-state index is 11.3. The van der Waals surface area contributed by atoms with Crippen molar-refractivity contribution in [1.82, 2.24) is 10.6 Å². The molecular formula is C11H18N2O2. The smallest absolute Gasteiger partial charge is 0.237 e. The highest BCUT2D eigenvalue weighted by molar-refractivity contribution is 5.81. The Kier molecular flexibility index (Phi) is 4.60. The lowest BCUT2D eigenvalue weighted by molar-refractivity contribution is -0.122. The summed E-state index contributed by atoms with van der Waals surface area (Å²) >= 11 is 0. The number of hydrogen-bond acceptors (Lipinski definition) is 3. The van der Waals surface area contributed by atoms with Gasteiger partial charge in [0.2, 0.25) is 5.91 Å². The van der Waals surface area contributed by atoms with Crippen molar-refractivity contribution in [3.8, 4) is 12.3 Å². The van der Waals surface area contributed by atoms with Gasteiger partial charge >= 0.3 is 0 Å². The molecular weight excluding hydrogens is 192 g/mol. The van der Waals surface area contributed by atoms with Gasteiger partial charge in [0.25, 0.3) is 0 Å². The van der Waals surface area contributed by atoms with Gasteiger partial charge in [0.1, 0.15) is 0 Å². The number of aliphatic hydroxyl groups excluding tert-OH is 1. The van der Waals surface area contributed by atoms with Gasteiger partial charge in [0.15, 0.2) is 0 Å². The molecule has 1 aliphatic carbocycles. The third-order valence-corrected chi connectivity index (χ3v) is 2.56. The molecule has 1 amide bonds. The minimum Gasteiger partial charge on any atom is -0.392 e. The van der Waals surface area contributed by atoms with Crippen molar-refractivity contribution in [2.45, 2.75) is 31.9 Å². The van der Waals surface area contributed by atoms with Gasteiger partial charge in [-0.1, -0.05) is 5.92 Å². The molecule has 1 saturated carbocycles. The molecule has 1 rings (SSSR count). The van der Waals surface area contributed by atoms with Crippen molar-refractivity contribution in [3.05, 3.63) is 0 Å². The van der Waals surface area contributed by atoms with E-state index >= 15 is 0 Å². The second kappa shape index (κ2) is 5.74. The van der Waals surface area contributed by atoms with Crippen molar-refractivity contribution in [2.75, 3.05) is 13.1 Å². The molecule has 4 nitrogen and oxygen atoms in total. The molecule has 15 heavy (non-hydrogen) atoms. The van der Waals surface area contributed by atoms with E-state index in [1.165, 1.54) is 0 Å². The summed E-state index contributed by atoms with van der Waals surface area (Å²) in [6.07, 6.45) is 6.89. The zero-order valence-electron chi connectivity index (χ0n) is 8.99. The molecule has 2 unspecified atom stereocenters. The molecule has 1 fully saturated rings. The maximum absolute atomic E-state index is 11.3. The third kappa shape index (κ3) is 4.32. The first-order chi connectivity index (χ1) is 7.15. The van der Waals surface area contributed by atoms with Crippen LogP contribution in [0.4, 0.5) is 0 Å². The fourth-order valence-electron chi connectivity index (χ4n) is 1.33. The van der Waals surface area contributed by atoms with Crippen LogP contribution in [0.3, 0.4) is 0 Å². The Morgan fingerprint density at radius 2 is 2.33 bits per heavy atom. The molecule has 4 heteroatoms. The van der Waals surface area contributed by atoms with Crippen LogP contribution in [0, 0.1) is 18.3 Å². The number of rotatable bonds is 6. The Morgan fingerprint density at radius 3 is 2.87 bits per heavy atom. The summed E-state index contributed by atoms with van der Waals surface area (Å²) in [5.41, 5.74) is 0. The van der Waals surface area contributed by atoms with Crippen molar-refractivity contribution in [1.29, 1.82) is 0 Å². The van der Waals surface area contributed by atoms with Gasteiger partial charge in [-0.2, -0.15) is 0 Å². The number of nitrogens with one attached hydrogen (secondary N) is 2. The van der Waals surface area contributed by atoms with E-state index in [9.17, 15) is 9.90 Å². The molecule has 0 radical (unpaired) electrons. The highest BCUT2D eigenvalue weighted by Gasteiger charge is 2.29. The summed E-state index contributed by atoms with van der Waals surface area (Å²) in [7, 11) is 0. The molecule has 0 aromatic carbocycles. The lowest BCUT2D eigenvalue weighted by Crippen LogP contribution is -2.45. The minimum atomic E-state index is -0.326. The Bertz CT molecular complexity index is 256. The maximum Gasteiger partial charge on any atom is 0.237 e. The van der Waals surface area contributed by atoms with Crippen molar-refractivity contribution < 1.29 is 9.90 Å². The average molecular weight is 210 g/mol. The van der Waals surface area contributed by atoms with Gasteiger partial charge < -0.3 is 15.7 Å². The highest BCUT2D eigenvalue weighted by Crippen LogP contribution is 2.32. The second-order valence-electron chi connectivity index (χ2n) is 3.96. The van der Waals surface area contributed by atoms with Gasteiger partial charge in [-0.3, -0.25) is 4.79 Å². The van der Waals surface area contributed by atoms with Crippen LogP contribution in [0.1, 0.15) is 19.8 Å². The van der Waals surface area contributed by atoms with Gasteiger partial charge in [-0.05, 0) is 25.7 Å². The molecule has 0 aromatic rings. The molecule has 0 spiro atoms. The monoisotopic (exact) mass is 210 g/mol. The van der Waals surface area contributed by atoms with Crippen LogP contribution in [0.25, 0.3) is 0 Å². The average Bonchev–Trinajstić information content (AvgIpc) is 3.05. The highest BCUT2D eigenvalue weighted by atomic mass is 16.3. The molecule has 84 valence electrons. The van der Waals surface area contributed by atoms with Gasteiger partial charge in [-0.25, -0.2) is 0 Å². The zero-order chi connectivity index (χ0) is 11.3. The number of carbonyl (C=O) groups excluding carboxylic acids is 1. The number of aliphatic hydroxyl groups is 1. The first-order valence-electron chi connectivity index (χ1n) is 5.27. The molecule has 0 aromatic heterocycles. The van der Waals surface area contributed by atoms with Crippen molar-refractivity contribution in [2.24, 2.45) is 5.92 Å². The second-order valence-corrected chi connectivity index (χ2v) is 3.96. The third-order valence-electron chi connectivity index (χ3n) is 2.56. The van der Waals surface area contributed by atoms with Crippen LogP contribution in [0.2, 0.25) is 0 Å². The number of amides is 1. The van der Waals surface area contributed by atoms with E-state index in [2.05, 4.69) is 16.6 Å². The molecule has 0 aliphatic heterocycles. The quantitative estimate of drug-likeness (QED) is 0.517. The van der Waals surface area contributed by atoms with Crippen LogP contribution in [0.5, 0.6) is 0 Å². The summed E-state index contributed by atoms with van der Waals surface area (Å²) in [5.74, 6) is 2.64. The van der Waals surface area contributed by atoms with Crippen LogP contribution in [0.15, 0.2) is 0 Å². The molecule has 1 aliphatic rings. The Labute approximate surface area is 90.4 Å². The Balaban J connectivity index is 2.13. The normalized spacial score (nSPS) is 19.0. The molecule has 2 atom stereocenters. The summed E-state index contributed by atoms with van der Waals surface area (Å²) in [4.78, 5) is 11.3. The first-order valence-corrected chi connectivity index (χ1v) is 5.27.